The van der Waals surface area contributed by atoms with Crippen LogP contribution >= 0.6 is 0 Å². The Morgan fingerprint density at radius 2 is 2.08 bits per heavy atom. The molecule has 3 aliphatic heterocycles. The van der Waals surface area contributed by atoms with Crippen LogP contribution in [0.25, 0.3) is 5.82 Å². The highest BCUT2D eigenvalue weighted by Gasteiger charge is 2.41. The van der Waals surface area contributed by atoms with Gasteiger partial charge in [0.1, 0.15) is 11.4 Å². The number of amides is 1. The van der Waals surface area contributed by atoms with Gasteiger partial charge in [-0.25, -0.2) is 9.78 Å². The van der Waals surface area contributed by atoms with Crippen LogP contribution in [0, 0.1) is 11.8 Å². The van der Waals surface area contributed by atoms with E-state index in [1.165, 1.54) is 25.9 Å². The van der Waals surface area contributed by atoms with Gasteiger partial charge in [0.2, 0.25) is 0 Å². The Morgan fingerprint density at radius 1 is 1.35 bits per heavy atom. The fraction of sp³-hybridized carbons (Fsp3) is 0.500. The summed E-state index contributed by atoms with van der Waals surface area (Å²) < 4.78 is 7.64. The molecule has 0 saturated carbocycles. The largest absolute Gasteiger partial charge is 0.438 e. The summed E-state index contributed by atoms with van der Waals surface area (Å²) in [5.74, 6) is 2.03. The fourth-order valence-electron chi connectivity index (χ4n) is 4.64. The monoisotopic (exact) mass is 354 g/mol. The number of hydrogen-bond acceptors (Lipinski definition) is 4. The maximum Gasteiger partial charge on any atom is 0.405 e. The number of nitrogens with two attached hydrogens (primary N) is 1. The minimum atomic E-state index is -0.750. The normalized spacial score (nSPS) is 27.0. The molecule has 6 heteroatoms. The van der Waals surface area contributed by atoms with Crippen molar-refractivity contribution in [3.8, 4) is 5.82 Å². The van der Waals surface area contributed by atoms with E-state index in [2.05, 4.69) is 9.88 Å². The fourth-order valence-corrected chi connectivity index (χ4v) is 4.64. The lowest BCUT2D eigenvalue weighted by Crippen LogP contribution is -2.49. The minimum Gasteiger partial charge on any atom is -0.438 e. The van der Waals surface area contributed by atoms with Gasteiger partial charge in [0.25, 0.3) is 0 Å². The van der Waals surface area contributed by atoms with Gasteiger partial charge >= 0.3 is 6.09 Å². The average Bonchev–Trinajstić information content (AvgIpc) is 3.17. The summed E-state index contributed by atoms with van der Waals surface area (Å²) in [5.41, 5.74) is 5.62. The molecule has 138 valence electrons. The molecule has 2 aromatic heterocycles. The lowest BCUT2D eigenvalue weighted by atomic mass is 9.73. The number of aromatic nitrogens is 2. The zero-order valence-corrected chi connectivity index (χ0v) is 15.2. The second kappa shape index (κ2) is 6.76. The number of rotatable bonds is 5. The van der Waals surface area contributed by atoms with Crippen LogP contribution in [0.2, 0.25) is 0 Å². The second-order valence-electron chi connectivity index (χ2n) is 7.75. The third kappa shape index (κ3) is 3.33. The predicted octanol–water partition coefficient (Wildman–Crippen LogP) is 2.91. The molecule has 6 nitrogen and oxygen atoms in total. The molecule has 2 N–H and O–H groups in total. The number of primary amides is 1. The first-order valence-electron chi connectivity index (χ1n) is 9.34. The van der Waals surface area contributed by atoms with Gasteiger partial charge < -0.3 is 19.9 Å². The van der Waals surface area contributed by atoms with Gasteiger partial charge in [-0.2, -0.15) is 0 Å². The van der Waals surface area contributed by atoms with E-state index in [1.54, 1.807) is 6.20 Å². The predicted molar refractivity (Wildman–Crippen MR) is 98.9 cm³/mol. The lowest BCUT2D eigenvalue weighted by Gasteiger charge is -2.47. The molecule has 0 aromatic carbocycles. The van der Waals surface area contributed by atoms with Crippen LogP contribution in [-0.4, -0.2) is 40.2 Å². The smallest absolute Gasteiger partial charge is 0.405 e. The molecule has 3 fully saturated rings. The Kier molecular flexibility index (Phi) is 4.44. The summed E-state index contributed by atoms with van der Waals surface area (Å²) in [6.45, 7) is 5.45. The molecular weight excluding hydrogens is 328 g/mol. The molecule has 2 atom stereocenters. The minimum absolute atomic E-state index is 0.519. The van der Waals surface area contributed by atoms with E-state index in [-0.39, 0.29) is 0 Å². The topological polar surface area (TPSA) is 73.4 Å². The van der Waals surface area contributed by atoms with Crippen LogP contribution in [0.5, 0.6) is 0 Å². The molecule has 2 bridgehead atoms. The van der Waals surface area contributed by atoms with Crippen molar-refractivity contribution in [3.05, 3.63) is 48.4 Å². The maximum absolute atomic E-state index is 11.7. The van der Waals surface area contributed by atoms with Crippen molar-refractivity contribution in [2.75, 3.05) is 19.6 Å². The molecule has 5 rings (SSSR count). The van der Waals surface area contributed by atoms with Gasteiger partial charge in [0, 0.05) is 30.7 Å². The molecule has 0 radical (unpaired) electrons. The molecule has 2 aromatic rings. The molecule has 1 amide bonds. The Morgan fingerprint density at radius 3 is 2.69 bits per heavy atom. The highest BCUT2D eigenvalue weighted by molar-refractivity contribution is 5.65. The Hall–Kier alpha value is -2.34. The average molecular weight is 354 g/mol. The summed E-state index contributed by atoms with van der Waals surface area (Å²) in [5, 5.41) is 0. The van der Waals surface area contributed by atoms with E-state index in [9.17, 15) is 4.79 Å². The third-order valence-corrected chi connectivity index (χ3v) is 5.99. The van der Waals surface area contributed by atoms with Gasteiger partial charge in [-0.1, -0.05) is 0 Å². The number of carbonyl (C=O) groups is 1. The summed E-state index contributed by atoms with van der Waals surface area (Å²) >= 11 is 0. The summed E-state index contributed by atoms with van der Waals surface area (Å²) in [6.07, 6.45) is 8.20. The van der Waals surface area contributed by atoms with Crippen LogP contribution in [0.3, 0.4) is 0 Å². The molecular formula is C20H26N4O2. The van der Waals surface area contributed by atoms with Crippen molar-refractivity contribution >= 4 is 6.09 Å². The quantitative estimate of drug-likeness (QED) is 0.896. The molecule has 26 heavy (non-hydrogen) atoms. The standard InChI is InChI=1S/C20H26N4O2/c1-20(26-19(21)25,13-16-14-23-10-5-15(16)6-11-23)17-4-7-22-18(12-17)24-8-2-3-9-24/h2-4,7-9,12,15-16H,5-6,10-11,13-14H2,1H3,(H2,21,25). The van der Waals surface area contributed by atoms with Crippen molar-refractivity contribution in [2.24, 2.45) is 17.6 Å². The molecule has 2 unspecified atom stereocenters. The van der Waals surface area contributed by atoms with E-state index in [4.69, 9.17) is 10.5 Å². The molecule has 0 spiro atoms. The van der Waals surface area contributed by atoms with Crippen molar-refractivity contribution < 1.29 is 9.53 Å². The van der Waals surface area contributed by atoms with Crippen LogP contribution in [-0.2, 0) is 10.3 Å². The van der Waals surface area contributed by atoms with Crippen molar-refractivity contribution in [1.29, 1.82) is 0 Å². The second-order valence-corrected chi connectivity index (χ2v) is 7.75. The summed E-state index contributed by atoms with van der Waals surface area (Å²) in [6, 6.07) is 7.84. The molecule has 3 saturated heterocycles. The van der Waals surface area contributed by atoms with Crippen LogP contribution in [0.4, 0.5) is 4.79 Å². The van der Waals surface area contributed by atoms with Gasteiger partial charge in [0.05, 0.1) is 0 Å². The number of fused-ring (bicyclic) bond motifs is 3. The van der Waals surface area contributed by atoms with Crippen molar-refractivity contribution in [2.45, 2.75) is 31.8 Å². The third-order valence-electron chi connectivity index (χ3n) is 5.99. The first kappa shape index (κ1) is 17.1. The van der Waals surface area contributed by atoms with Crippen LogP contribution < -0.4 is 5.73 Å². The van der Waals surface area contributed by atoms with E-state index >= 15 is 0 Å². The first-order chi connectivity index (χ1) is 12.5. The summed E-state index contributed by atoms with van der Waals surface area (Å²) in [4.78, 5) is 18.6. The zero-order chi connectivity index (χ0) is 18.1. The van der Waals surface area contributed by atoms with E-state index in [1.807, 2.05) is 48.1 Å². The number of hydrogen-bond donors (Lipinski definition) is 1. The Balaban J connectivity index is 1.63. The maximum atomic E-state index is 11.7. The van der Waals surface area contributed by atoms with Gasteiger partial charge in [-0.3, -0.25) is 0 Å². The zero-order valence-electron chi connectivity index (χ0n) is 15.2. The van der Waals surface area contributed by atoms with Gasteiger partial charge in [-0.15, -0.1) is 0 Å². The van der Waals surface area contributed by atoms with E-state index in [0.717, 1.165) is 24.3 Å². The number of pyridine rings is 1. The number of nitrogens with zero attached hydrogens (tertiary/aromatic N) is 3. The molecule has 3 aliphatic rings. The van der Waals surface area contributed by atoms with E-state index in [0.29, 0.717) is 11.8 Å². The Labute approximate surface area is 154 Å². The molecule has 5 heterocycles. The van der Waals surface area contributed by atoms with Crippen molar-refractivity contribution in [3.63, 3.8) is 0 Å². The van der Waals surface area contributed by atoms with Crippen LogP contribution in [0.15, 0.2) is 42.9 Å². The lowest BCUT2D eigenvalue weighted by molar-refractivity contribution is -0.0326. The molecule has 0 aliphatic carbocycles. The van der Waals surface area contributed by atoms with Crippen LogP contribution in [0.1, 0.15) is 31.7 Å². The summed E-state index contributed by atoms with van der Waals surface area (Å²) in [7, 11) is 0. The van der Waals surface area contributed by atoms with Gasteiger partial charge in [0.15, 0.2) is 0 Å². The number of ether oxygens (including phenoxy) is 1. The van der Waals surface area contributed by atoms with E-state index < -0.39 is 11.7 Å². The Bertz CT molecular complexity index is 768. The van der Waals surface area contributed by atoms with Gasteiger partial charge in [-0.05, 0) is 75.4 Å². The first-order valence-corrected chi connectivity index (χ1v) is 9.34. The highest BCUT2D eigenvalue weighted by Crippen LogP contribution is 2.41. The number of piperidine rings is 3. The number of carbonyl (C=O) groups excluding carboxylic acids is 1. The highest BCUT2D eigenvalue weighted by atomic mass is 16.6. The van der Waals surface area contributed by atoms with Crippen molar-refractivity contribution in [1.82, 2.24) is 14.5 Å². The SMILES string of the molecule is CC(CC1CN2CCC1CC2)(OC(N)=O)c1ccnc(-n2cccc2)c1.